The maximum Gasteiger partial charge on any atom is 0.573 e. The number of nitro groups is 1. The molecule has 3 atom stereocenters. The largest absolute Gasteiger partial charge is 0.573 e. The highest BCUT2D eigenvalue weighted by Crippen LogP contribution is 2.45. The number of amides is 1. The number of carboxylic acid groups (broad SMARTS) is 2. The van der Waals surface area contributed by atoms with Gasteiger partial charge in [-0.15, -0.1) is 13.2 Å². The minimum absolute atomic E-state index is 0.0432. The molecule has 0 saturated carbocycles. The van der Waals surface area contributed by atoms with Gasteiger partial charge in [0.25, 0.3) is 5.69 Å². The minimum atomic E-state index is -4.88. The molecule has 1 fully saturated rings. The Labute approximate surface area is 191 Å². The van der Waals surface area contributed by atoms with E-state index in [2.05, 4.69) is 4.74 Å². The van der Waals surface area contributed by atoms with Crippen molar-refractivity contribution in [2.24, 2.45) is 5.41 Å². The quantitative estimate of drug-likeness (QED) is 0.345. The minimum Gasteiger partial charge on any atom is -0.481 e. The number of hydrogen-bond acceptors (Lipinski definition) is 5. The molecule has 34 heavy (non-hydrogen) atoms. The van der Waals surface area contributed by atoms with E-state index >= 15 is 0 Å². The van der Waals surface area contributed by atoms with Gasteiger partial charge in [-0.3, -0.25) is 14.9 Å². The lowest BCUT2D eigenvalue weighted by atomic mass is 9.73. The molecule has 2 aromatic carbocycles. The van der Waals surface area contributed by atoms with Crippen molar-refractivity contribution >= 4 is 23.4 Å². The van der Waals surface area contributed by atoms with Crippen molar-refractivity contribution < 1.29 is 42.6 Å². The smallest absolute Gasteiger partial charge is 0.481 e. The van der Waals surface area contributed by atoms with E-state index < -0.39 is 44.9 Å². The van der Waals surface area contributed by atoms with Crippen molar-refractivity contribution in [3.8, 4) is 5.75 Å². The van der Waals surface area contributed by atoms with Gasteiger partial charge < -0.3 is 14.9 Å². The Balaban J connectivity index is 2.09. The number of alkyl halides is 3. The number of nitro benzene ring substituents is 1. The molecule has 0 aliphatic carbocycles. The highest BCUT2D eigenvalue weighted by Gasteiger charge is 2.56. The number of likely N-dealkylation sites (tertiary alicyclic amines) is 1. The van der Waals surface area contributed by atoms with Gasteiger partial charge in [0.05, 0.1) is 4.92 Å². The van der Waals surface area contributed by atoms with Crippen molar-refractivity contribution in [1.29, 1.82) is 0 Å². The summed E-state index contributed by atoms with van der Waals surface area (Å²) in [7, 11) is 0. The van der Waals surface area contributed by atoms with Gasteiger partial charge in [-0.25, -0.2) is 0 Å². The molecule has 1 aliphatic heterocycles. The molecular weight excluding hydrogens is 461 g/mol. The fraction of sp³-hybridized carbons (Fsp3) is 0.364. The topological polar surface area (TPSA) is 127 Å². The van der Waals surface area contributed by atoms with Crippen LogP contribution in [-0.4, -0.2) is 46.7 Å². The van der Waals surface area contributed by atoms with Crippen LogP contribution in [0.2, 0.25) is 0 Å². The molecule has 0 spiro atoms. The number of piperidine rings is 1. The highest BCUT2D eigenvalue weighted by atomic mass is 19.4. The van der Waals surface area contributed by atoms with Gasteiger partial charge in [0.15, 0.2) is 0 Å². The number of benzene rings is 2. The fourth-order valence-electron chi connectivity index (χ4n) is 4.57. The average molecular weight is 483 g/mol. The number of carboxylic acids is 1. The van der Waals surface area contributed by atoms with Crippen LogP contribution in [0.25, 0.3) is 0 Å². The molecule has 2 N–H and O–H groups in total. The Hall–Kier alpha value is -3.67. The average Bonchev–Trinajstić information content (AvgIpc) is 2.73. The summed E-state index contributed by atoms with van der Waals surface area (Å²) in [6, 6.07) is 8.75. The molecule has 9 nitrogen and oxygen atoms in total. The number of aliphatic carboxylic acids is 1. The maximum absolute atomic E-state index is 12.6. The van der Waals surface area contributed by atoms with Crippen LogP contribution in [0, 0.1) is 22.5 Å². The molecule has 12 heteroatoms. The third-order valence-electron chi connectivity index (χ3n) is 6.18. The lowest BCUT2D eigenvalue weighted by molar-refractivity contribution is -0.384. The van der Waals surface area contributed by atoms with E-state index in [1.165, 1.54) is 38.1 Å². The molecule has 0 aromatic heterocycles. The summed E-state index contributed by atoms with van der Waals surface area (Å²) in [6.07, 6.45) is -6.19. The van der Waals surface area contributed by atoms with Crippen LogP contribution < -0.4 is 9.22 Å². The van der Waals surface area contributed by atoms with E-state index in [0.29, 0.717) is 5.56 Å². The Bertz CT molecular complexity index is 1140. The zero-order valence-electron chi connectivity index (χ0n) is 18.2. The lowest BCUT2D eigenvalue weighted by Gasteiger charge is -2.45. The summed E-state index contributed by atoms with van der Waals surface area (Å²) in [5, 5.41) is 31.2. The first-order chi connectivity index (χ1) is 15.7. The second-order valence-corrected chi connectivity index (χ2v) is 8.70. The van der Waals surface area contributed by atoms with Crippen LogP contribution >= 0.6 is 0 Å². The van der Waals surface area contributed by atoms with Crippen LogP contribution in [0.15, 0.2) is 42.5 Å². The normalized spacial score (nSPS) is 24.9. The van der Waals surface area contributed by atoms with E-state index in [1.54, 1.807) is 0 Å². The first kappa shape index (κ1) is 25.0. The predicted molar refractivity (Wildman–Crippen MR) is 114 cm³/mol. The van der Waals surface area contributed by atoms with Gasteiger partial charge in [-0.2, -0.15) is 9.28 Å². The second-order valence-electron chi connectivity index (χ2n) is 8.70. The number of rotatable bonds is 5. The van der Waals surface area contributed by atoms with E-state index in [9.17, 15) is 43.1 Å². The molecular formula is C22H22F3N2O7+. The predicted octanol–water partition coefficient (Wildman–Crippen LogP) is 5.07. The van der Waals surface area contributed by atoms with Crippen LogP contribution in [0.4, 0.5) is 29.3 Å². The SMILES string of the molecule is Cc1cc(C2CC(C)(C(=O)O)C[N+](C(=O)O)(c3ccc([N+](=O)[O-])cc3)C2)ccc1OC(F)(F)F. The summed E-state index contributed by atoms with van der Waals surface area (Å²) < 4.78 is 41.1. The molecule has 3 rings (SSSR count). The molecule has 1 saturated heterocycles. The Morgan fingerprint density at radius 2 is 1.79 bits per heavy atom. The number of carbonyl (C=O) groups is 2. The number of quaternary nitrogens is 1. The molecule has 1 amide bonds. The third kappa shape index (κ3) is 4.81. The number of aryl methyl sites for hydroxylation is 1. The van der Waals surface area contributed by atoms with E-state index in [4.69, 9.17) is 0 Å². The highest BCUT2D eigenvalue weighted by molar-refractivity contribution is 5.84. The van der Waals surface area contributed by atoms with Crippen LogP contribution in [0.1, 0.15) is 30.4 Å². The molecule has 3 unspecified atom stereocenters. The van der Waals surface area contributed by atoms with E-state index in [1.807, 2.05) is 0 Å². The Morgan fingerprint density at radius 3 is 2.26 bits per heavy atom. The third-order valence-corrected chi connectivity index (χ3v) is 6.18. The second kappa shape index (κ2) is 8.60. The zero-order valence-corrected chi connectivity index (χ0v) is 18.2. The Morgan fingerprint density at radius 1 is 1.18 bits per heavy atom. The Kier molecular flexibility index (Phi) is 6.31. The van der Waals surface area contributed by atoms with Crippen molar-refractivity contribution in [3.05, 3.63) is 63.7 Å². The molecule has 2 aromatic rings. The van der Waals surface area contributed by atoms with Gasteiger partial charge in [0.1, 0.15) is 29.9 Å². The number of halogens is 3. The van der Waals surface area contributed by atoms with Crippen LogP contribution in [-0.2, 0) is 4.79 Å². The van der Waals surface area contributed by atoms with E-state index in [0.717, 1.165) is 18.2 Å². The zero-order chi connectivity index (χ0) is 25.5. The summed E-state index contributed by atoms with van der Waals surface area (Å²) in [6.45, 7) is 2.39. The van der Waals surface area contributed by atoms with Crippen LogP contribution in [0.5, 0.6) is 5.75 Å². The molecule has 182 valence electrons. The summed E-state index contributed by atoms with van der Waals surface area (Å²) >= 11 is 0. The number of ether oxygens (including phenoxy) is 1. The first-order valence-corrected chi connectivity index (χ1v) is 10.1. The number of non-ortho nitro benzene ring substituents is 1. The van der Waals surface area contributed by atoms with Crippen LogP contribution in [0.3, 0.4) is 0 Å². The number of hydrogen-bond donors (Lipinski definition) is 2. The number of nitrogens with zero attached hydrogens (tertiary/aromatic N) is 2. The van der Waals surface area contributed by atoms with Gasteiger partial charge in [-0.1, -0.05) is 12.1 Å². The van der Waals surface area contributed by atoms with Gasteiger partial charge in [-0.05, 0) is 37.5 Å². The standard InChI is InChI=1S/C22H21F3N2O7/c1-13-9-14(3-8-18(13)34-22(23,24)25)15-10-21(2,19(28)29)12-27(11-15,20(30)31)17-6-4-16(5-7-17)26(32)33/h3-9,15H,10-12H2,1-2H3,(H-,28,29,30,31)/p+1. The van der Waals surface area contributed by atoms with Crippen molar-refractivity contribution in [1.82, 2.24) is 4.48 Å². The van der Waals surface area contributed by atoms with Crippen molar-refractivity contribution in [2.45, 2.75) is 32.5 Å². The van der Waals surface area contributed by atoms with E-state index in [-0.39, 0.29) is 36.4 Å². The van der Waals surface area contributed by atoms with Gasteiger partial charge in [0.2, 0.25) is 0 Å². The molecule has 0 radical (unpaired) electrons. The molecule has 1 aliphatic rings. The summed E-state index contributed by atoms with van der Waals surface area (Å²) in [5.41, 5.74) is -0.981. The summed E-state index contributed by atoms with van der Waals surface area (Å²) in [5.74, 6) is -2.29. The van der Waals surface area contributed by atoms with Crippen molar-refractivity contribution in [3.63, 3.8) is 0 Å². The van der Waals surface area contributed by atoms with Gasteiger partial charge in [0, 0.05) is 30.2 Å². The molecule has 0 bridgehead atoms. The summed E-state index contributed by atoms with van der Waals surface area (Å²) in [4.78, 5) is 35.1. The van der Waals surface area contributed by atoms with Crippen molar-refractivity contribution in [2.75, 3.05) is 13.1 Å². The monoisotopic (exact) mass is 483 g/mol. The lowest BCUT2D eigenvalue weighted by Crippen LogP contribution is -2.65. The maximum atomic E-state index is 12.6. The molecule has 1 heterocycles. The first-order valence-electron chi connectivity index (χ1n) is 10.1. The van der Waals surface area contributed by atoms with Gasteiger partial charge >= 0.3 is 18.4 Å². The fourth-order valence-corrected chi connectivity index (χ4v) is 4.57.